The van der Waals surface area contributed by atoms with Crippen LogP contribution in [0.3, 0.4) is 0 Å². The number of benzene rings is 1. The molecule has 0 aliphatic carbocycles. The highest BCUT2D eigenvalue weighted by molar-refractivity contribution is 7.98. The average molecular weight is 282 g/mol. The fourth-order valence-corrected chi connectivity index (χ4v) is 2.39. The first-order valence-electron chi connectivity index (χ1n) is 6.35. The molecule has 0 aliphatic rings. The van der Waals surface area contributed by atoms with Gasteiger partial charge in [-0.2, -0.15) is 11.8 Å². The van der Waals surface area contributed by atoms with Gasteiger partial charge in [-0.3, -0.25) is 4.79 Å². The van der Waals surface area contributed by atoms with Crippen LogP contribution in [0.4, 0.5) is 5.69 Å². The summed E-state index contributed by atoms with van der Waals surface area (Å²) in [5.74, 6) is 1.78. The maximum absolute atomic E-state index is 11.8. The lowest BCUT2D eigenvalue weighted by molar-refractivity contribution is -0.115. The Labute approximate surface area is 119 Å². The zero-order valence-corrected chi connectivity index (χ0v) is 12.5. The summed E-state index contributed by atoms with van der Waals surface area (Å²) in [4.78, 5) is 11.8. The minimum absolute atomic E-state index is 0.0234. The molecule has 1 amide bonds. The zero-order valence-electron chi connectivity index (χ0n) is 11.7. The van der Waals surface area contributed by atoms with Crippen molar-refractivity contribution in [3.8, 4) is 5.75 Å². The largest absolute Gasteiger partial charge is 0.497 e. The molecule has 0 heterocycles. The molecule has 1 atom stereocenters. The highest BCUT2D eigenvalue weighted by Crippen LogP contribution is 2.14. The van der Waals surface area contributed by atoms with E-state index in [4.69, 9.17) is 4.74 Å². The van der Waals surface area contributed by atoms with Crippen molar-refractivity contribution < 1.29 is 9.53 Å². The van der Waals surface area contributed by atoms with Gasteiger partial charge in [0.25, 0.3) is 0 Å². The summed E-state index contributed by atoms with van der Waals surface area (Å²) in [6, 6.07) is 7.69. The van der Waals surface area contributed by atoms with Gasteiger partial charge in [-0.15, -0.1) is 0 Å². The van der Waals surface area contributed by atoms with Crippen molar-refractivity contribution in [3.63, 3.8) is 0 Å². The van der Waals surface area contributed by atoms with Crippen LogP contribution in [0.15, 0.2) is 24.3 Å². The zero-order chi connectivity index (χ0) is 14.1. The van der Waals surface area contributed by atoms with Crippen molar-refractivity contribution in [2.24, 2.45) is 0 Å². The smallest absolute Gasteiger partial charge is 0.238 e. The third kappa shape index (κ3) is 5.98. The number of hydrogen-bond acceptors (Lipinski definition) is 4. The lowest BCUT2D eigenvalue weighted by Crippen LogP contribution is -2.37. The van der Waals surface area contributed by atoms with Crippen LogP contribution in [-0.2, 0) is 4.79 Å². The molecule has 4 nitrogen and oxygen atoms in total. The van der Waals surface area contributed by atoms with Crippen molar-refractivity contribution in [3.05, 3.63) is 24.3 Å². The lowest BCUT2D eigenvalue weighted by atomic mass is 10.2. The maximum atomic E-state index is 11.8. The van der Waals surface area contributed by atoms with Crippen LogP contribution >= 0.6 is 11.8 Å². The van der Waals surface area contributed by atoms with E-state index in [0.717, 1.165) is 23.6 Å². The Bertz CT molecular complexity index is 382. The van der Waals surface area contributed by atoms with Crippen LogP contribution in [0.5, 0.6) is 5.75 Å². The summed E-state index contributed by atoms with van der Waals surface area (Å²) < 4.78 is 5.07. The van der Waals surface area contributed by atoms with E-state index in [1.54, 1.807) is 18.9 Å². The first-order chi connectivity index (χ1) is 9.19. The SMILES string of the molecule is CCC(CSC)NCC(=O)Nc1ccc(OC)cc1. The van der Waals surface area contributed by atoms with Crippen molar-refractivity contribution >= 4 is 23.4 Å². The minimum atomic E-state index is -0.0234. The standard InChI is InChI=1S/C14H22N2O2S/c1-4-11(10-19-3)15-9-14(17)16-12-5-7-13(18-2)8-6-12/h5-8,11,15H,4,9-10H2,1-3H3,(H,16,17). The Morgan fingerprint density at radius 2 is 2.05 bits per heavy atom. The van der Waals surface area contributed by atoms with E-state index >= 15 is 0 Å². The van der Waals surface area contributed by atoms with Crippen molar-refractivity contribution in [1.29, 1.82) is 0 Å². The van der Waals surface area contributed by atoms with Gasteiger partial charge in [0.15, 0.2) is 0 Å². The molecule has 0 saturated carbocycles. The number of amides is 1. The van der Waals surface area contributed by atoms with E-state index in [-0.39, 0.29) is 5.91 Å². The predicted molar refractivity (Wildman–Crippen MR) is 82.1 cm³/mol. The summed E-state index contributed by atoms with van der Waals surface area (Å²) in [5.41, 5.74) is 0.783. The highest BCUT2D eigenvalue weighted by Gasteiger charge is 2.08. The Morgan fingerprint density at radius 1 is 1.37 bits per heavy atom. The van der Waals surface area contributed by atoms with Crippen LogP contribution in [-0.4, -0.2) is 37.6 Å². The number of rotatable bonds is 8. The molecule has 0 aliphatic heterocycles. The topological polar surface area (TPSA) is 50.4 Å². The van der Waals surface area contributed by atoms with Gasteiger partial charge >= 0.3 is 0 Å². The second-order valence-electron chi connectivity index (χ2n) is 4.22. The summed E-state index contributed by atoms with van der Waals surface area (Å²) in [6.07, 6.45) is 3.10. The quantitative estimate of drug-likeness (QED) is 0.768. The summed E-state index contributed by atoms with van der Waals surface area (Å²) in [7, 11) is 1.62. The number of carbonyl (C=O) groups excluding carboxylic acids is 1. The Kier molecular flexibility index (Phi) is 7.36. The maximum Gasteiger partial charge on any atom is 0.238 e. The molecule has 2 N–H and O–H groups in total. The van der Waals surface area contributed by atoms with Crippen LogP contribution in [0.2, 0.25) is 0 Å². The van der Waals surface area contributed by atoms with Crippen LogP contribution in [0.1, 0.15) is 13.3 Å². The van der Waals surface area contributed by atoms with Gasteiger partial charge < -0.3 is 15.4 Å². The Hall–Kier alpha value is -1.20. The molecular weight excluding hydrogens is 260 g/mol. The number of nitrogens with one attached hydrogen (secondary N) is 2. The third-order valence-corrected chi connectivity index (χ3v) is 3.52. The second kappa shape index (κ2) is 8.82. The van der Waals surface area contributed by atoms with Gasteiger partial charge in [0.05, 0.1) is 13.7 Å². The van der Waals surface area contributed by atoms with Crippen molar-refractivity contribution in [2.75, 3.05) is 31.0 Å². The molecule has 19 heavy (non-hydrogen) atoms. The van der Waals surface area contributed by atoms with E-state index in [9.17, 15) is 4.79 Å². The summed E-state index contributed by atoms with van der Waals surface area (Å²) >= 11 is 1.79. The molecule has 1 aromatic carbocycles. The van der Waals surface area contributed by atoms with Gasteiger partial charge in [0, 0.05) is 17.5 Å². The van der Waals surface area contributed by atoms with Gasteiger partial charge in [-0.25, -0.2) is 0 Å². The molecule has 0 radical (unpaired) electrons. The van der Waals surface area contributed by atoms with Crippen LogP contribution in [0, 0.1) is 0 Å². The molecule has 1 rings (SSSR count). The molecule has 1 aromatic rings. The van der Waals surface area contributed by atoms with Crippen LogP contribution in [0.25, 0.3) is 0 Å². The summed E-state index contributed by atoms with van der Waals surface area (Å²) in [5, 5.41) is 6.11. The van der Waals surface area contributed by atoms with E-state index in [1.807, 2.05) is 24.3 Å². The van der Waals surface area contributed by atoms with Crippen LogP contribution < -0.4 is 15.4 Å². The van der Waals surface area contributed by atoms with E-state index in [2.05, 4.69) is 23.8 Å². The minimum Gasteiger partial charge on any atom is -0.497 e. The van der Waals surface area contributed by atoms with Crippen molar-refractivity contribution in [2.45, 2.75) is 19.4 Å². The van der Waals surface area contributed by atoms with Gasteiger partial charge in [0.1, 0.15) is 5.75 Å². The Morgan fingerprint density at radius 3 is 2.58 bits per heavy atom. The number of hydrogen-bond donors (Lipinski definition) is 2. The number of carbonyl (C=O) groups is 1. The number of ether oxygens (including phenoxy) is 1. The molecule has 1 unspecified atom stereocenters. The van der Waals surface area contributed by atoms with E-state index < -0.39 is 0 Å². The van der Waals surface area contributed by atoms with Gasteiger partial charge in [0.2, 0.25) is 5.91 Å². The molecule has 106 valence electrons. The second-order valence-corrected chi connectivity index (χ2v) is 5.13. The molecule has 0 aromatic heterocycles. The molecule has 0 saturated heterocycles. The predicted octanol–water partition coefficient (Wildman–Crippen LogP) is 2.36. The average Bonchev–Trinajstić information content (AvgIpc) is 2.44. The van der Waals surface area contributed by atoms with E-state index in [1.165, 1.54) is 0 Å². The molecule has 5 heteroatoms. The third-order valence-electron chi connectivity index (χ3n) is 2.79. The van der Waals surface area contributed by atoms with Crippen molar-refractivity contribution in [1.82, 2.24) is 5.32 Å². The summed E-state index contributed by atoms with van der Waals surface area (Å²) in [6.45, 7) is 2.46. The molecule has 0 fully saturated rings. The van der Waals surface area contributed by atoms with Gasteiger partial charge in [-0.05, 0) is 36.9 Å². The Balaban J connectivity index is 2.37. The first kappa shape index (κ1) is 15.9. The fourth-order valence-electron chi connectivity index (χ4n) is 1.64. The number of methoxy groups -OCH3 is 1. The molecule has 0 bridgehead atoms. The lowest BCUT2D eigenvalue weighted by Gasteiger charge is -2.15. The van der Waals surface area contributed by atoms with Gasteiger partial charge in [-0.1, -0.05) is 6.92 Å². The molecule has 0 spiro atoms. The fraction of sp³-hybridized carbons (Fsp3) is 0.500. The highest BCUT2D eigenvalue weighted by atomic mass is 32.2. The normalized spacial score (nSPS) is 11.9. The molecular formula is C14H22N2O2S. The monoisotopic (exact) mass is 282 g/mol. The number of anilines is 1. The number of thioether (sulfide) groups is 1. The first-order valence-corrected chi connectivity index (χ1v) is 7.75. The van der Waals surface area contributed by atoms with E-state index in [0.29, 0.717) is 12.6 Å².